The molecule has 1 heterocycles. The van der Waals surface area contributed by atoms with Gasteiger partial charge in [-0.05, 0) is 12.8 Å². The summed E-state index contributed by atoms with van der Waals surface area (Å²) in [7, 11) is -2.74. The van der Waals surface area contributed by atoms with Gasteiger partial charge in [-0.15, -0.1) is 0 Å². The Morgan fingerprint density at radius 1 is 1.21 bits per heavy atom. The highest BCUT2D eigenvalue weighted by Gasteiger charge is 2.54. The summed E-state index contributed by atoms with van der Waals surface area (Å²) in [5.74, 6) is -6.46. The number of halogens is 3. The van der Waals surface area contributed by atoms with Gasteiger partial charge in [0, 0.05) is 19.5 Å². The van der Waals surface area contributed by atoms with E-state index in [1.165, 1.54) is 7.11 Å². The number of ether oxygens (including phenoxy) is 1. The minimum Gasteiger partial charge on any atom is -0.481 e. The molecule has 2 atom stereocenters. The summed E-state index contributed by atoms with van der Waals surface area (Å²) in [6.45, 7) is -1.55. The lowest BCUT2D eigenvalue weighted by Crippen LogP contribution is -2.34. The van der Waals surface area contributed by atoms with Crippen molar-refractivity contribution in [3.05, 3.63) is 0 Å². The first-order valence-corrected chi connectivity index (χ1v) is 8.94. The molecule has 0 aromatic carbocycles. The van der Waals surface area contributed by atoms with Crippen LogP contribution in [0.5, 0.6) is 0 Å². The highest BCUT2D eigenvalue weighted by atomic mass is 32.2. The molecule has 7 nitrogen and oxygen atoms in total. The van der Waals surface area contributed by atoms with Gasteiger partial charge in [0.1, 0.15) is 0 Å². The number of hydrogen-bond donors (Lipinski definition) is 1. The van der Waals surface area contributed by atoms with Crippen molar-refractivity contribution in [2.75, 3.05) is 26.0 Å². The first-order valence-electron chi connectivity index (χ1n) is 7.33. The number of esters is 1. The topological polar surface area (TPSA) is 101 Å². The number of carboxylic acid groups (broad SMARTS) is 1. The maximum atomic E-state index is 12.9. The standard InChI is InChI=1S/C13H20F3NO6S/c1-23-11(18)5-3-2-4-6-24(21,22)17-7-9(12(19)20)10(8-17)13(14,15)16/h9-10H,2-8H2,1H3,(H,19,20)/t9-,10-/m1/s1. The Morgan fingerprint density at radius 3 is 2.29 bits per heavy atom. The van der Waals surface area contributed by atoms with Crippen LogP contribution < -0.4 is 0 Å². The monoisotopic (exact) mass is 375 g/mol. The molecule has 140 valence electrons. The van der Waals surface area contributed by atoms with E-state index < -0.39 is 53.1 Å². The normalized spacial score (nSPS) is 22.5. The molecule has 0 aliphatic carbocycles. The second kappa shape index (κ2) is 8.15. The number of aliphatic carboxylic acids is 1. The largest absolute Gasteiger partial charge is 0.481 e. The van der Waals surface area contributed by atoms with Gasteiger partial charge in [-0.25, -0.2) is 12.7 Å². The van der Waals surface area contributed by atoms with E-state index in [1.54, 1.807) is 0 Å². The van der Waals surface area contributed by atoms with Crippen molar-refractivity contribution >= 4 is 22.0 Å². The molecule has 1 saturated heterocycles. The molecule has 1 aliphatic rings. The van der Waals surface area contributed by atoms with Crippen LogP contribution in [0.2, 0.25) is 0 Å². The first-order chi connectivity index (χ1) is 11.0. The number of carbonyl (C=O) groups excluding carboxylic acids is 1. The second-order valence-corrected chi connectivity index (χ2v) is 7.70. The molecule has 11 heteroatoms. The summed E-state index contributed by atoms with van der Waals surface area (Å²) in [6.07, 6.45) is -3.66. The van der Waals surface area contributed by atoms with E-state index in [2.05, 4.69) is 4.74 Å². The summed E-state index contributed by atoms with van der Waals surface area (Å²) in [5.41, 5.74) is 0. The predicted molar refractivity (Wildman–Crippen MR) is 76.5 cm³/mol. The molecular weight excluding hydrogens is 355 g/mol. The van der Waals surface area contributed by atoms with Crippen LogP contribution in [0.3, 0.4) is 0 Å². The summed E-state index contributed by atoms with van der Waals surface area (Å²) in [6, 6.07) is 0. The van der Waals surface area contributed by atoms with Crippen LogP contribution in [0.15, 0.2) is 0 Å². The van der Waals surface area contributed by atoms with E-state index in [0.717, 1.165) is 0 Å². The molecule has 1 N–H and O–H groups in total. The number of methoxy groups -OCH3 is 1. The van der Waals surface area contributed by atoms with E-state index in [9.17, 15) is 31.2 Å². The highest BCUT2D eigenvalue weighted by Crippen LogP contribution is 2.38. The Labute approximate surface area is 137 Å². The second-order valence-electron chi connectivity index (χ2n) is 5.61. The molecule has 0 aromatic heterocycles. The molecule has 0 radical (unpaired) electrons. The van der Waals surface area contributed by atoms with Gasteiger partial charge in [0.25, 0.3) is 0 Å². The lowest BCUT2D eigenvalue weighted by Gasteiger charge is -2.18. The van der Waals surface area contributed by atoms with Crippen LogP contribution in [-0.4, -0.2) is 61.9 Å². The lowest BCUT2D eigenvalue weighted by atomic mass is 9.96. The van der Waals surface area contributed by atoms with Gasteiger partial charge in [-0.2, -0.15) is 13.2 Å². The molecule has 24 heavy (non-hydrogen) atoms. The molecule has 0 unspecified atom stereocenters. The Hall–Kier alpha value is -1.36. The predicted octanol–water partition coefficient (Wildman–Crippen LogP) is 1.24. The van der Waals surface area contributed by atoms with Crippen molar-refractivity contribution in [2.45, 2.75) is 31.9 Å². The van der Waals surface area contributed by atoms with Crippen molar-refractivity contribution in [3.63, 3.8) is 0 Å². The van der Waals surface area contributed by atoms with Crippen molar-refractivity contribution in [2.24, 2.45) is 11.8 Å². The molecule has 0 saturated carbocycles. The molecule has 0 amide bonds. The number of sulfonamides is 1. The van der Waals surface area contributed by atoms with Crippen LogP contribution in [0, 0.1) is 11.8 Å². The number of unbranched alkanes of at least 4 members (excludes halogenated alkanes) is 2. The Kier molecular flexibility index (Phi) is 7.02. The average molecular weight is 375 g/mol. The molecule has 0 aromatic rings. The zero-order valence-corrected chi connectivity index (χ0v) is 13.9. The Bertz CT molecular complexity index is 563. The minimum absolute atomic E-state index is 0.136. The van der Waals surface area contributed by atoms with Gasteiger partial charge in [-0.3, -0.25) is 9.59 Å². The third-order valence-electron chi connectivity index (χ3n) is 3.93. The number of carboxylic acids is 1. The van der Waals surface area contributed by atoms with Crippen molar-refractivity contribution in [1.82, 2.24) is 4.31 Å². The number of alkyl halides is 3. The fraction of sp³-hybridized carbons (Fsp3) is 0.846. The summed E-state index contributed by atoms with van der Waals surface area (Å²) < 4.78 is 67.8. The zero-order valence-electron chi connectivity index (χ0n) is 13.1. The molecule has 0 spiro atoms. The van der Waals surface area contributed by atoms with E-state index >= 15 is 0 Å². The smallest absolute Gasteiger partial charge is 0.393 e. The molecule has 1 rings (SSSR count). The SMILES string of the molecule is COC(=O)CCCCCS(=O)(=O)N1C[C@@H](C(F)(F)F)[C@H](C(=O)O)C1. The summed E-state index contributed by atoms with van der Waals surface area (Å²) in [5, 5.41) is 8.89. The summed E-state index contributed by atoms with van der Waals surface area (Å²) >= 11 is 0. The maximum Gasteiger partial charge on any atom is 0.393 e. The highest BCUT2D eigenvalue weighted by molar-refractivity contribution is 7.89. The molecular formula is C13H20F3NO6S. The van der Waals surface area contributed by atoms with Gasteiger partial charge in [0.2, 0.25) is 10.0 Å². The van der Waals surface area contributed by atoms with E-state index in [1.807, 2.05) is 0 Å². The molecule has 1 aliphatic heterocycles. The number of carbonyl (C=O) groups is 2. The van der Waals surface area contributed by atoms with Gasteiger partial charge < -0.3 is 9.84 Å². The quantitative estimate of drug-likeness (QED) is 0.506. The molecule has 1 fully saturated rings. The van der Waals surface area contributed by atoms with Crippen molar-refractivity contribution < 1.29 is 41.0 Å². The van der Waals surface area contributed by atoms with Crippen LogP contribution in [-0.2, 0) is 24.3 Å². The number of nitrogens with zero attached hydrogens (tertiary/aromatic N) is 1. The van der Waals surface area contributed by atoms with Gasteiger partial charge in [-0.1, -0.05) is 6.42 Å². The Morgan fingerprint density at radius 2 is 1.83 bits per heavy atom. The van der Waals surface area contributed by atoms with E-state index in [-0.39, 0.29) is 18.6 Å². The van der Waals surface area contributed by atoms with Gasteiger partial charge in [0.05, 0.1) is 24.7 Å². The third-order valence-corrected chi connectivity index (χ3v) is 5.82. The molecule has 0 bridgehead atoms. The van der Waals surface area contributed by atoms with Crippen LogP contribution in [0.1, 0.15) is 25.7 Å². The van der Waals surface area contributed by atoms with Crippen molar-refractivity contribution in [3.8, 4) is 0 Å². The fourth-order valence-corrected chi connectivity index (χ4v) is 4.14. The Balaban J connectivity index is 2.58. The fourth-order valence-electron chi connectivity index (χ4n) is 2.54. The van der Waals surface area contributed by atoms with Gasteiger partial charge >= 0.3 is 18.1 Å². The third kappa shape index (κ3) is 5.62. The van der Waals surface area contributed by atoms with E-state index in [4.69, 9.17) is 5.11 Å². The van der Waals surface area contributed by atoms with Crippen LogP contribution >= 0.6 is 0 Å². The van der Waals surface area contributed by atoms with E-state index in [0.29, 0.717) is 17.1 Å². The number of hydrogen-bond acceptors (Lipinski definition) is 5. The van der Waals surface area contributed by atoms with Crippen LogP contribution in [0.4, 0.5) is 13.2 Å². The zero-order chi connectivity index (χ0) is 18.5. The minimum atomic E-state index is -4.77. The van der Waals surface area contributed by atoms with Crippen molar-refractivity contribution in [1.29, 1.82) is 0 Å². The van der Waals surface area contributed by atoms with Crippen LogP contribution in [0.25, 0.3) is 0 Å². The summed E-state index contributed by atoms with van der Waals surface area (Å²) in [4.78, 5) is 21.9. The average Bonchev–Trinajstić information content (AvgIpc) is 2.92. The lowest BCUT2D eigenvalue weighted by molar-refractivity contribution is -0.187. The number of rotatable bonds is 8. The van der Waals surface area contributed by atoms with Gasteiger partial charge in [0.15, 0.2) is 0 Å². The maximum absolute atomic E-state index is 12.9. The first kappa shape index (κ1) is 20.7.